The number of hydrogen-bond acceptors (Lipinski definition) is 3. The molecule has 0 aliphatic heterocycles. The van der Waals surface area contributed by atoms with E-state index in [1.807, 2.05) is 36.4 Å². The van der Waals surface area contributed by atoms with Gasteiger partial charge < -0.3 is 5.32 Å². The molecule has 0 saturated carbocycles. The van der Waals surface area contributed by atoms with Crippen LogP contribution >= 0.6 is 23.2 Å². The first kappa shape index (κ1) is 18.3. The second kappa shape index (κ2) is 7.89. The molecule has 140 valence electrons. The third-order valence-corrected chi connectivity index (χ3v) is 5.71. The van der Waals surface area contributed by atoms with Gasteiger partial charge in [-0.05, 0) is 62.1 Å². The molecule has 2 aromatic heterocycles. The second-order valence-electron chi connectivity index (χ2n) is 6.79. The van der Waals surface area contributed by atoms with E-state index in [2.05, 4.69) is 15.4 Å². The third-order valence-electron chi connectivity index (χ3n) is 4.97. The van der Waals surface area contributed by atoms with Crippen LogP contribution in [0.1, 0.15) is 23.2 Å². The van der Waals surface area contributed by atoms with Crippen LogP contribution in [0.5, 0.6) is 0 Å². The number of rotatable bonds is 5. The fraction of sp³-hybridized carbons (Fsp3) is 0.300. The number of nitrogens with one attached hydrogen (secondary N) is 2. The zero-order valence-corrected chi connectivity index (χ0v) is 16.2. The molecule has 1 aromatic carbocycles. The predicted molar refractivity (Wildman–Crippen MR) is 108 cm³/mol. The highest BCUT2D eigenvalue weighted by atomic mass is 35.5. The Morgan fingerprint density at radius 1 is 1.22 bits per heavy atom. The van der Waals surface area contributed by atoms with Gasteiger partial charge in [0.1, 0.15) is 0 Å². The minimum Gasteiger partial charge on any atom is -0.313 e. The number of H-pyrrole nitrogens is 1. The van der Waals surface area contributed by atoms with E-state index in [4.69, 9.17) is 23.2 Å². The Hall–Kier alpha value is -2.08. The molecule has 0 saturated heterocycles. The molecular formula is C20H20Cl2N4O. The number of aromatic amines is 1. The number of pyridine rings is 1. The van der Waals surface area contributed by atoms with Crippen molar-refractivity contribution in [1.29, 1.82) is 0 Å². The van der Waals surface area contributed by atoms with E-state index in [1.54, 1.807) is 10.9 Å². The van der Waals surface area contributed by atoms with Crippen molar-refractivity contribution in [2.24, 2.45) is 0 Å². The summed E-state index contributed by atoms with van der Waals surface area (Å²) in [7, 11) is 0. The Bertz CT molecular complexity index is 997. The minimum absolute atomic E-state index is 0.000293. The summed E-state index contributed by atoms with van der Waals surface area (Å²) < 4.78 is 1.54. The van der Waals surface area contributed by atoms with Gasteiger partial charge in [-0.3, -0.25) is 9.89 Å². The van der Waals surface area contributed by atoms with Crippen LogP contribution in [0.25, 0.3) is 5.82 Å². The summed E-state index contributed by atoms with van der Waals surface area (Å²) in [6, 6.07) is 11.6. The summed E-state index contributed by atoms with van der Waals surface area (Å²) in [6.07, 6.45) is 5.14. The molecule has 0 radical (unpaired) electrons. The van der Waals surface area contributed by atoms with Crippen molar-refractivity contribution in [2.45, 2.75) is 31.7 Å². The topological polar surface area (TPSA) is 62.7 Å². The number of fused-ring (bicyclic) bond motifs is 1. The SMILES string of the molecule is O=c1c2c([nH]n1-c1ccccn1)CCC(NCCc1ccc(Cl)c(Cl)c1)C2. The Labute approximate surface area is 167 Å². The van der Waals surface area contributed by atoms with Gasteiger partial charge in [-0.1, -0.05) is 35.3 Å². The quantitative estimate of drug-likeness (QED) is 0.685. The molecule has 5 nitrogen and oxygen atoms in total. The summed E-state index contributed by atoms with van der Waals surface area (Å²) in [6.45, 7) is 0.830. The van der Waals surface area contributed by atoms with E-state index in [1.165, 1.54) is 0 Å². The van der Waals surface area contributed by atoms with E-state index in [0.717, 1.165) is 49.0 Å². The van der Waals surface area contributed by atoms with Crippen LogP contribution in [0.15, 0.2) is 47.4 Å². The molecule has 2 N–H and O–H groups in total. The van der Waals surface area contributed by atoms with Crippen LogP contribution in [0, 0.1) is 0 Å². The Kier molecular flexibility index (Phi) is 5.34. The summed E-state index contributed by atoms with van der Waals surface area (Å²) in [5.41, 5.74) is 3.03. The lowest BCUT2D eigenvalue weighted by Gasteiger charge is -2.22. The Balaban J connectivity index is 1.40. The fourth-order valence-corrected chi connectivity index (χ4v) is 3.86. The molecule has 4 rings (SSSR count). The van der Waals surface area contributed by atoms with E-state index in [-0.39, 0.29) is 5.56 Å². The largest absolute Gasteiger partial charge is 0.313 e. The maximum Gasteiger partial charge on any atom is 0.276 e. The highest BCUT2D eigenvalue weighted by molar-refractivity contribution is 6.42. The van der Waals surface area contributed by atoms with Gasteiger partial charge in [-0.25, -0.2) is 9.67 Å². The summed E-state index contributed by atoms with van der Waals surface area (Å²) >= 11 is 12.0. The maximum absolute atomic E-state index is 12.8. The lowest BCUT2D eigenvalue weighted by atomic mass is 9.93. The van der Waals surface area contributed by atoms with Gasteiger partial charge in [0.2, 0.25) is 0 Å². The van der Waals surface area contributed by atoms with Crippen molar-refractivity contribution in [1.82, 2.24) is 20.1 Å². The molecule has 3 aromatic rings. The smallest absolute Gasteiger partial charge is 0.276 e. The van der Waals surface area contributed by atoms with Crippen LogP contribution in [0.3, 0.4) is 0 Å². The van der Waals surface area contributed by atoms with Gasteiger partial charge in [0.05, 0.1) is 10.0 Å². The van der Waals surface area contributed by atoms with Crippen molar-refractivity contribution in [3.8, 4) is 5.82 Å². The average molecular weight is 403 g/mol. The van der Waals surface area contributed by atoms with Crippen LogP contribution in [0.4, 0.5) is 0 Å². The van der Waals surface area contributed by atoms with Crippen LogP contribution in [-0.2, 0) is 19.3 Å². The van der Waals surface area contributed by atoms with Gasteiger partial charge in [0.15, 0.2) is 5.82 Å². The monoisotopic (exact) mass is 402 g/mol. The van der Waals surface area contributed by atoms with Gasteiger partial charge in [0, 0.05) is 23.5 Å². The van der Waals surface area contributed by atoms with Crippen molar-refractivity contribution in [2.75, 3.05) is 6.54 Å². The first-order valence-corrected chi connectivity index (χ1v) is 9.79. The standard InChI is InChI=1S/C20H20Cl2N4O/c21-16-6-4-13(11-17(16)22)8-10-23-14-5-7-18-15(12-14)20(27)26(25-18)19-3-1-2-9-24-19/h1-4,6,9,11,14,23,25H,5,7-8,10,12H2. The molecule has 2 heterocycles. The van der Waals surface area contributed by atoms with Gasteiger partial charge in [-0.15, -0.1) is 0 Å². The molecule has 0 fully saturated rings. The lowest BCUT2D eigenvalue weighted by molar-refractivity contribution is 0.458. The van der Waals surface area contributed by atoms with Gasteiger partial charge in [-0.2, -0.15) is 0 Å². The van der Waals surface area contributed by atoms with E-state index in [9.17, 15) is 4.79 Å². The molecule has 1 atom stereocenters. The molecule has 7 heteroatoms. The molecule has 27 heavy (non-hydrogen) atoms. The lowest BCUT2D eigenvalue weighted by Crippen LogP contribution is -2.37. The molecule has 1 aliphatic carbocycles. The van der Waals surface area contributed by atoms with Crippen LogP contribution in [0.2, 0.25) is 10.0 Å². The molecule has 1 aliphatic rings. The molecule has 0 amide bonds. The van der Waals surface area contributed by atoms with Crippen molar-refractivity contribution in [3.05, 3.63) is 79.8 Å². The molecule has 0 bridgehead atoms. The normalized spacial score (nSPS) is 16.3. The minimum atomic E-state index is -0.000293. The Morgan fingerprint density at radius 2 is 2.11 bits per heavy atom. The number of aryl methyl sites for hydroxylation is 1. The molecule has 1 unspecified atom stereocenters. The molecule has 0 spiro atoms. The maximum atomic E-state index is 12.8. The second-order valence-corrected chi connectivity index (χ2v) is 7.60. The third kappa shape index (κ3) is 3.95. The zero-order chi connectivity index (χ0) is 18.8. The number of aromatic nitrogens is 3. The van der Waals surface area contributed by atoms with Crippen LogP contribution in [-0.4, -0.2) is 27.4 Å². The first-order valence-electron chi connectivity index (χ1n) is 9.03. The average Bonchev–Trinajstić information content (AvgIpc) is 3.02. The van der Waals surface area contributed by atoms with Gasteiger partial charge >= 0.3 is 0 Å². The Morgan fingerprint density at radius 3 is 2.89 bits per heavy atom. The first-order chi connectivity index (χ1) is 13.1. The number of halogens is 2. The van der Waals surface area contributed by atoms with Crippen molar-refractivity contribution in [3.63, 3.8) is 0 Å². The van der Waals surface area contributed by atoms with Crippen molar-refractivity contribution < 1.29 is 0 Å². The highest BCUT2D eigenvalue weighted by Gasteiger charge is 2.24. The van der Waals surface area contributed by atoms with E-state index in [0.29, 0.717) is 21.9 Å². The van der Waals surface area contributed by atoms with Gasteiger partial charge in [0.25, 0.3) is 5.56 Å². The summed E-state index contributed by atoms with van der Waals surface area (Å²) in [4.78, 5) is 17.0. The number of hydrogen-bond donors (Lipinski definition) is 2. The fourth-order valence-electron chi connectivity index (χ4n) is 3.54. The van der Waals surface area contributed by atoms with Crippen LogP contribution < -0.4 is 10.9 Å². The van der Waals surface area contributed by atoms with E-state index >= 15 is 0 Å². The van der Waals surface area contributed by atoms with E-state index < -0.39 is 0 Å². The molecular weight excluding hydrogens is 383 g/mol. The van der Waals surface area contributed by atoms with Crippen molar-refractivity contribution >= 4 is 23.2 Å². The number of benzene rings is 1. The number of nitrogens with zero attached hydrogens (tertiary/aromatic N) is 2. The summed E-state index contributed by atoms with van der Waals surface area (Å²) in [5.74, 6) is 0.626. The highest BCUT2D eigenvalue weighted by Crippen LogP contribution is 2.23. The zero-order valence-electron chi connectivity index (χ0n) is 14.7. The summed E-state index contributed by atoms with van der Waals surface area (Å²) in [5, 5.41) is 7.94. The predicted octanol–water partition coefficient (Wildman–Crippen LogP) is 3.56.